The van der Waals surface area contributed by atoms with Gasteiger partial charge in [-0.05, 0) is 43.5 Å². The standard InChI is InChI=1S/C17H19F2N3O/c1-12-9-20-17(21-10-12)23-15-4-6-22(7-5-15)11-13-8-14(18)2-3-16(13)19/h2-3,8-10,15H,4-7,11H2,1H3. The zero-order valence-corrected chi connectivity index (χ0v) is 13.0. The molecule has 1 aromatic carbocycles. The van der Waals surface area contributed by atoms with Crippen molar-refractivity contribution in [3.8, 4) is 6.01 Å². The number of hydrogen-bond acceptors (Lipinski definition) is 4. The summed E-state index contributed by atoms with van der Waals surface area (Å²) < 4.78 is 32.7. The Morgan fingerprint density at radius 1 is 1.17 bits per heavy atom. The molecule has 3 rings (SSSR count). The molecule has 2 aromatic rings. The Bertz CT molecular complexity index is 655. The Hall–Kier alpha value is -2.08. The van der Waals surface area contributed by atoms with E-state index in [-0.39, 0.29) is 11.9 Å². The lowest BCUT2D eigenvalue weighted by Crippen LogP contribution is -2.38. The first kappa shape index (κ1) is 15.8. The van der Waals surface area contributed by atoms with Gasteiger partial charge in [-0.3, -0.25) is 4.90 Å². The van der Waals surface area contributed by atoms with E-state index in [1.807, 2.05) is 6.92 Å². The minimum absolute atomic E-state index is 0.0614. The van der Waals surface area contributed by atoms with E-state index in [0.717, 1.165) is 37.6 Å². The minimum Gasteiger partial charge on any atom is -0.460 e. The maximum atomic E-state index is 13.7. The van der Waals surface area contributed by atoms with Gasteiger partial charge in [0.2, 0.25) is 0 Å². The predicted octanol–water partition coefficient (Wildman–Crippen LogP) is 3.11. The van der Waals surface area contributed by atoms with Crippen LogP contribution in [0, 0.1) is 18.6 Å². The van der Waals surface area contributed by atoms with Crippen LogP contribution in [-0.2, 0) is 6.54 Å². The molecule has 122 valence electrons. The van der Waals surface area contributed by atoms with E-state index in [1.54, 1.807) is 12.4 Å². The first-order valence-electron chi connectivity index (χ1n) is 7.72. The summed E-state index contributed by atoms with van der Waals surface area (Å²) in [4.78, 5) is 10.4. The molecule has 23 heavy (non-hydrogen) atoms. The quantitative estimate of drug-likeness (QED) is 0.868. The molecule has 0 aliphatic carbocycles. The Morgan fingerprint density at radius 2 is 1.87 bits per heavy atom. The smallest absolute Gasteiger partial charge is 0.316 e. The van der Waals surface area contributed by atoms with Gasteiger partial charge in [0.1, 0.15) is 17.7 Å². The summed E-state index contributed by atoms with van der Waals surface area (Å²) >= 11 is 0. The SMILES string of the molecule is Cc1cnc(OC2CCN(Cc3cc(F)ccc3F)CC2)nc1. The highest BCUT2D eigenvalue weighted by atomic mass is 19.1. The molecule has 1 aromatic heterocycles. The topological polar surface area (TPSA) is 38.2 Å². The lowest BCUT2D eigenvalue weighted by molar-refractivity contribution is 0.0886. The van der Waals surface area contributed by atoms with Crippen LogP contribution in [0.5, 0.6) is 6.01 Å². The second-order valence-corrected chi connectivity index (χ2v) is 5.87. The average Bonchev–Trinajstić information content (AvgIpc) is 2.55. The van der Waals surface area contributed by atoms with Crippen LogP contribution in [-0.4, -0.2) is 34.1 Å². The van der Waals surface area contributed by atoms with Crippen LogP contribution in [0.3, 0.4) is 0 Å². The Kier molecular flexibility index (Phi) is 4.81. The van der Waals surface area contributed by atoms with Gasteiger partial charge in [-0.15, -0.1) is 0 Å². The summed E-state index contributed by atoms with van der Waals surface area (Å²) in [5.41, 5.74) is 1.38. The van der Waals surface area contributed by atoms with E-state index in [9.17, 15) is 8.78 Å². The van der Waals surface area contributed by atoms with Crippen molar-refractivity contribution in [3.05, 3.63) is 53.4 Å². The van der Waals surface area contributed by atoms with Gasteiger partial charge in [0, 0.05) is 37.6 Å². The molecule has 2 heterocycles. The van der Waals surface area contributed by atoms with E-state index in [2.05, 4.69) is 14.9 Å². The van der Waals surface area contributed by atoms with Crippen LogP contribution in [0.2, 0.25) is 0 Å². The normalized spacial score (nSPS) is 16.5. The van der Waals surface area contributed by atoms with Crippen LogP contribution in [0.1, 0.15) is 24.0 Å². The molecule has 0 unspecified atom stereocenters. The van der Waals surface area contributed by atoms with Crippen LogP contribution in [0.4, 0.5) is 8.78 Å². The minimum atomic E-state index is -0.406. The highest BCUT2D eigenvalue weighted by Gasteiger charge is 2.22. The molecule has 0 spiro atoms. The molecule has 1 saturated heterocycles. The van der Waals surface area contributed by atoms with E-state index in [0.29, 0.717) is 18.1 Å². The van der Waals surface area contributed by atoms with Crippen molar-refractivity contribution in [3.63, 3.8) is 0 Å². The third kappa shape index (κ3) is 4.22. The van der Waals surface area contributed by atoms with Gasteiger partial charge in [-0.25, -0.2) is 18.7 Å². The monoisotopic (exact) mass is 319 g/mol. The highest BCUT2D eigenvalue weighted by molar-refractivity contribution is 5.18. The van der Waals surface area contributed by atoms with Crippen LogP contribution < -0.4 is 4.74 Å². The summed E-state index contributed by atoms with van der Waals surface area (Å²) in [6.07, 6.45) is 5.14. The van der Waals surface area contributed by atoms with Gasteiger partial charge in [-0.1, -0.05) is 0 Å². The predicted molar refractivity (Wildman–Crippen MR) is 82.1 cm³/mol. The van der Waals surface area contributed by atoms with Gasteiger partial charge in [0.25, 0.3) is 0 Å². The summed E-state index contributed by atoms with van der Waals surface area (Å²) in [5, 5.41) is 0. The molecule has 0 bridgehead atoms. The van der Waals surface area contributed by atoms with Gasteiger partial charge in [-0.2, -0.15) is 0 Å². The van der Waals surface area contributed by atoms with Gasteiger partial charge in [0.15, 0.2) is 0 Å². The van der Waals surface area contributed by atoms with Crippen molar-refractivity contribution in [2.24, 2.45) is 0 Å². The number of hydrogen-bond donors (Lipinski definition) is 0. The zero-order valence-electron chi connectivity index (χ0n) is 13.0. The molecule has 1 aliphatic heterocycles. The summed E-state index contributed by atoms with van der Waals surface area (Å²) in [6.45, 7) is 3.88. The maximum absolute atomic E-state index is 13.7. The van der Waals surface area contributed by atoms with Crippen LogP contribution in [0.15, 0.2) is 30.6 Å². The number of benzene rings is 1. The molecule has 0 N–H and O–H groups in total. The summed E-state index contributed by atoms with van der Waals surface area (Å²) in [7, 11) is 0. The molecule has 0 amide bonds. The zero-order chi connectivity index (χ0) is 16.2. The Balaban J connectivity index is 1.52. The van der Waals surface area contributed by atoms with Crippen molar-refractivity contribution < 1.29 is 13.5 Å². The molecule has 6 heteroatoms. The number of piperidine rings is 1. The van der Waals surface area contributed by atoms with Crippen molar-refractivity contribution >= 4 is 0 Å². The summed E-state index contributed by atoms with van der Waals surface area (Å²) in [6, 6.07) is 3.97. The molecule has 1 aliphatic rings. The van der Waals surface area contributed by atoms with Crippen LogP contribution >= 0.6 is 0 Å². The lowest BCUT2D eigenvalue weighted by atomic mass is 10.1. The maximum Gasteiger partial charge on any atom is 0.316 e. The molecular weight excluding hydrogens is 300 g/mol. The van der Waals surface area contributed by atoms with Gasteiger partial charge < -0.3 is 4.74 Å². The summed E-state index contributed by atoms with van der Waals surface area (Å²) in [5.74, 6) is -0.769. The lowest BCUT2D eigenvalue weighted by Gasteiger charge is -2.31. The molecule has 0 atom stereocenters. The fourth-order valence-corrected chi connectivity index (χ4v) is 2.68. The number of nitrogens with zero attached hydrogens (tertiary/aromatic N) is 3. The fourth-order valence-electron chi connectivity index (χ4n) is 2.68. The molecule has 0 saturated carbocycles. The number of aromatic nitrogens is 2. The molecule has 1 fully saturated rings. The first-order chi connectivity index (χ1) is 11.1. The van der Waals surface area contributed by atoms with Crippen LogP contribution in [0.25, 0.3) is 0 Å². The van der Waals surface area contributed by atoms with Crippen molar-refractivity contribution in [1.29, 1.82) is 0 Å². The van der Waals surface area contributed by atoms with Gasteiger partial charge in [0.05, 0.1) is 0 Å². The third-order valence-electron chi connectivity index (χ3n) is 3.97. The molecule has 0 radical (unpaired) electrons. The second kappa shape index (κ2) is 7.00. The average molecular weight is 319 g/mol. The first-order valence-corrected chi connectivity index (χ1v) is 7.72. The number of ether oxygens (including phenoxy) is 1. The number of aryl methyl sites for hydroxylation is 1. The molecular formula is C17H19F2N3O. The largest absolute Gasteiger partial charge is 0.460 e. The highest BCUT2D eigenvalue weighted by Crippen LogP contribution is 2.19. The van der Waals surface area contributed by atoms with E-state index >= 15 is 0 Å². The van der Waals surface area contributed by atoms with Crippen molar-refractivity contribution in [2.75, 3.05) is 13.1 Å². The molecule has 4 nitrogen and oxygen atoms in total. The second-order valence-electron chi connectivity index (χ2n) is 5.87. The number of rotatable bonds is 4. The Morgan fingerprint density at radius 3 is 2.57 bits per heavy atom. The number of likely N-dealkylation sites (tertiary alicyclic amines) is 1. The van der Waals surface area contributed by atoms with E-state index in [4.69, 9.17) is 4.74 Å². The van der Waals surface area contributed by atoms with Crippen molar-refractivity contribution in [2.45, 2.75) is 32.4 Å². The van der Waals surface area contributed by atoms with Gasteiger partial charge >= 0.3 is 6.01 Å². The fraction of sp³-hybridized carbons (Fsp3) is 0.412. The van der Waals surface area contributed by atoms with E-state index in [1.165, 1.54) is 12.1 Å². The van der Waals surface area contributed by atoms with E-state index < -0.39 is 5.82 Å². The van der Waals surface area contributed by atoms with Crippen molar-refractivity contribution in [1.82, 2.24) is 14.9 Å². The number of halogens is 2. The third-order valence-corrected chi connectivity index (χ3v) is 3.97. The Labute approximate surface area is 134 Å².